The van der Waals surface area contributed by atoms with Crippen LogP contribution in [0, 0.1) is 0 Å². The molecule has 1 N–H and O–H groups in total. The molecule has 0 saturated carbocycles. The van der Waals surface area contributed by atoms with Crippen molar-refractivity contribution in [2.75, 3.05) is 20.8 Å². The van der Waals surface area contributed by atoms with E-state index < -0.39 is 17.5 Å². The summed E-state index contributed by atoms with van der Waals surface area (Å²) in [6, 6.07) is 8.44. The Bertz CT molecular complexity index is 1180. The smallest absolute Gasteiger partial charge is 0.206 e. The molecule has 7 nitrogen and oxygen atoms in total. The number of benzene rings is 2. The highest BCUT2D eigenvalue weighted by molar-refractivity contribution is 6.10. The van der Waals surface area contributed by atoms with Crippen LogP contribution in [0.25, 0.3) is 11.0 Å². The number of carbonyl (C=O) groups is 1. The van der Waals surface area contributed by atoms with E-state index in [0.717, 1.165) is 5.76 Å². The van der Waals surface area contributed by atoms with Crippen molar-refractivity contribution in [3.63, 3.8) is 0 Å². The summed E-state index contributed by atoms with van der Waals surface area (Å²) in [6.07, 6.45) is -0.911. The Hall–Kier alpha value is -3.19. The fraction of sp³-hybridized carbons (Fsp3) is 0.348. The number of Topliss-reactive ketones (excluding diaryl/α,β-unsaturated/α-hetero) is 1. The molecule has 0 fully saturated rings. The van der Waals surface area contributed by atoms with Crippen molar-refractivity contribution in [3.05, 3.63) is 47.2 Å². The van der Waals surface area contributed by atoms with Crippen LogP contribution in [0.3, 0.4) is 0 Å². The Morgan fingerprint density at radius 2 is 1.87 bits per heavy atom. The number of furan rings is 1. The molecule has 0 aliphatic carbocycles. The Kier molecular flexibility index (Phi) is 4.02. The molecule has 30 heavy (non-hydrogen) atoms. The highest BCUT2D eigenvalue weighted by atomic mass is 16.6. The number of fused-ring (bicyclic) bond motifs is 6. The number of ketones is 1. The number of methoxy groups -OCH3 is 2. The van der Waals surface area contributed by atoms with Gasteiger partial charge in [0.25, 0.3) is 0 Å². The molecule has 0 saturated heterocycles. The van der Waals surface area contributed by atoms with E-state index in [-0.39, 0.29) is 12.5 Å². The lowest BCUT2D eigenvalue weighted by atomic mass is 9.77. The maximum atomic E-state index is 13.6. The van der Waals surface area contributed by atoms with Gasteiger partial charge in [-0.25, -0.2) is 0 Å². The molecule has 0 spiro atoms. The number of rotatable bonds is 3. The predicted octanol–water partition coefficient (Wildman–Crippen LogP) is 3.80. The quantitative estimate of drug-likeness (QED) is 0.703. The fourth-order valence-electron chi connectivity index (χ4n) is 4.17. The lowest BCUT2D eigenvalue weighted by molar-refractivity contribution is -0.0793. The molecule has 1 aromatic heterocycles. The minimum absolute atomic E-state index is 0.00936. The van der Waals surface area contributed by atoms with Crippen LogP contribution in [-0.2, 0) is 5.60 Å². The van der Waals surface area contributed by atoms with Gasteiger partial charge in [-0.1, -0.05) is 13.8 Å². The zero-order chi connectivity index (χ0) is 21.2. The molecule has 3 aromatic rings. The van der Waals surface area contributed by atoms with Gasteiger partial charge in [-0.15, -0.1) is 0 Å². The third-order valence-electron chi connectivity index (χ3n) is 5.84. The van der Waals surface area contributed by atoms with Gasteiger partial charge in [-0.05, 0) is 24.3 Å². The van der Waals surface area contributed by atoms with Crippen LogP contribution in [0.15, 0.2) is 34.7 Å². The summed E-state index contributed by atoms with van der Waals surface area (Å²) in [5.41, 5.74) is -0.667. The number of ether oxygens (including phenoxy) is 4. The summed E-state index contributed by atoms with van der Waals surface area (Å²) in [6.45, 7) is 4.07. The van der Waals surface area contributed by atoms with Crippen molar-refractivity contribution in [2.24, 2.45) is 0 Å². The maximum Gasteiger partial charge on any atom is 0.206 e. The van der Waals surface area contributed by atoms with Gasteiger partial charge in [0.05, 0.1) is 25.2 Å². The first kappa shape index (κ1) is 18.8. The normalized spacial score (nSPS) is 22.1. The van der Waals surface area contributed by atoms with Gasteiger partial charge in [0.2, 0.25) is 5.78 Å². The lowest BCUT2D eigenvalue weighted by Gasteiger charge is -2.43. The Morgan fingerprint density at radius 3 is 2.57 bits per heavy atom. The summed E-state index contributed by atoms with van der Waals surface area (Å²) >= 11 is 0. The minimum Gasteiger partial charge on any atom is -0.493 e. The second kappa shape index (κ2) is 6.40. The topological polar surface area (TPSA) is 87.4 Å². The van der Waals surface area contributed by atoms with Crippen LogP contribution < -0.4 is 18.9 Å². The first-order valence-electron chi connectivity index (χ1n) is 9.78. The Morgan fingerprint density at radius 1 is 1.13 bits per heavy atom. The molecule has 2 aliphatic heterocycles. The lowest BCUT2D eigenvalue weighted by Crippen LogP contribution is -2.57. The van der Waals surface area contributed by atoms with Gasteiger partial charge in [-0.3, -0.25) is 4.79 Å². The second-order valence-corrected chi connectivity index (χ2v) is 7.87. The summed E-state index contributed by atoms with van der Waals surface area (Å²) in [4.78, 5) is 13.6. The van der Waals surface area contributed by atoms with Gasteiger partial charge in [0.1, 0.15) is 29.4 Å². The minimum atomic E-state index is -1.90. The monoisotopic (exact) mass is 410 g/mol. The average Bonchev–Trinajstić information content (AvgIpc) is 3.19. The van der Waals surface area contributed by atoms with Crippen molar-refractivity contribution in [1.29, 1.82) is 0 Å². The molecule has 0 amide bonds. The van der Waals surface area contributed by atoms with E-state index in [9.17, 15) is 9.90 Å². The first-order chi connectivity index (χ1) is 14.4. The van der Waals surface area contributed by atoms with Gasteiger partial charge in [0, 0.05) is 17.5 Å². The van der Waals surface area contributed by atoms with Crippen LogP contribution in [0.2, 0.25) is 0 Å². The molecule has 2 aromatic carbocycles. The van der Waals surface area contributed by atoms with Crippen molar-refractivity contribution >= 4 is 16.8 Å². The van der Waals surface area contributed by atoms with Crippen molar-refractivity contribution < 1.29 is 33.3 Å². The highest BCUT2D eigenvalue weighted by Gasteiger charge is 2.56. The maximum absolute atomic E-state index is 13.6. The van der Waals surface area contributed by atoms with Crippen molar-refractivity contribution in [1.82, 2.24) is 0 Å². The molecular weight excluding hydrogens is 388 g/mol. The number of hydrogen-bond donors (Lipinski definition) is 1. The molecule has 156 valence electrons. The number of carbonyl (C=O) groups excluding carboxylic acids is 1. The molecule has 3 heterocycles. The van der Waals surface area contributed by atoms with E-state index in [1.54, 1.807) is 24.3 Å². The van der Waals surface area contributed by atoms with Crippen molar-refractivity contribution in [3.8, 4) is 23.0 Å². The zero-order valence-corrected chi connectivity index (χ0v) is 17.1. The van der Waals surface area contributed by atoms with Gasteiger partial charge in [0.15, 0.2) is 23.2 Å². The van der Waals surface area contributed by atoms with Gasteiger partial charge >= 0.3 is 0 Å². The molecule has 2 aliphatic rings. The Labute approximate surface area is 173 Å². The molecule has 5 rings (SSSR count). The van der Waals surface area contributed by atoms with Crippen LogP contribution in [0.5, 0.6) is 23.0 Å². The van der Waals surface area contributed by atoms with E-state index in [1.807, 2.05) is 19.9 Å². The standard InChI is InChI=1S/C23H22O7/c1-11(2)16-7-13-15(29-16)6-5-12-21(13)30-20-10-28-17-9-19(27-4)18(26-3)8-14(17)23(20,25)22(12)24/h5-9,11,20,25H,10H2,1-4H3/t20-,23-/m0/s1. The summed E-state index contributed by atoms with van der Waals surface area (Å²) in [5, 5.41) is 12.3. The molecule has 7 heteroatoms. The third kappa shape index (κ3) is 2.38. The van der Waals surface area contributed by atoms with E-state index in [0.29, 0.717) is 45.1 Å². The van der Waals surface area contributed by atoms with Crippen LogP contribution in [0.1, 0.15) is 41.4 Å². The predicted molar refractivity (Wildman–Crippen MR) is 108 cm³/mol. The molecule has 0 radical (unpaired) electrons. The average molecular weight is 410 g/mol. The Balaban J connectivity index is 1.69. The largest absolute Gasteiger partial charge is 0.493 e. The number of hydrogen-bond acceptors (Lipinski definition) is 7. The van der Waals surface area contributed by atoms with E-state index in [1.165, 1.54) is 14.2 Å². The van der Waals surface area contributed by atoms with E-state index in [4.69, 9.17) is 23.4 Å². The van der Waals surface area contributed by atoms with Crippen LogP contribution >= 0.6 is 0 Å². The molecular formula is C23H22O7. The SMILES string of the molecule is COc1cc2c(cc1OC)[C@@]1(O)C(=O)c3ccc4oc(C(C)C)cc4c3O[C@H]1CO2. The van der Waals surface area contributed by atoms with Crippen molar-refractivity contribution in [2.45, 2.75) is 31.5 Å². The van der Waals surface area contributed by atoms with E-state index >= 15 is 0 Å². The van der Waals surface area contributed by atoms with Crippen LogP contribution in [-0.4, -0.2) is 37.8 Å². The molecule has 0 unspecified atom stereocenters. The van der Waals surface area contributed by atoms with Gasteiger partial charge in [-0.2, -0.15) is 0 Å². The summed E-state index contributed by atoms with van der Waals surface area (Å²) in [7, 11) is 3.00. The summed E-state index contributed by atoms with van der Waals surface area (Å²) < 4.78 is 28.6. The third-order valence-corrected chi connectivity index (χ3v) is 5.84. The fourth-order valence-corrected chi connectivity index (χ4v) is 4.17. The van der Waals surface area contributed by atoms with E-state index in [2.05, 4.69) is 0 Å². The zero-order valence-electron chi connectivity index (χ0n) is 17.1. The van der Waals surface area contributed by atoms with Crippen LogP contribution in [0.4, 0.5) is 0 Å². The second-order valence-electron chi connectivity index (χ2n) is 7.87. The molecule has 0 bridgehead atoms. The number of aliphatic hydroxyl groups is 1. The molecule has 2 atom stereocenters. The first-order valence-corrected chi connectivity index (χ1v) is 9.78. The highest BCUT2D eigenvalue weighted by Crippen LogP contribution is 2.50. The van der Waals surface area contributed by atoms with Gasteiger partial charge < -0.3 is 28.5 Å². The summed E-state index contributed by atoms with van der Waals surface area (Å²) in [5.74, 6) is 2.16.